The summed E-state index contributed by atoms with van der Waals surface area (Å²) in [6.45, 7) is 23.3. The van der Waals surface area contributed by atoms with Crippen molar-refractivity contribution in [3.05, 3.63) is 123 Å². The highest BCUT2D eigenvalue weighted by Crippen LogP contribution is 2.60. The van der Waals surface area contributed by atoms with Crippen LogP contribution in [0.5, 0.6) is 86.2 Å². The topological polar surface area (TPSA) is 190 Å². The minimum absolute atomic E-state index is 0.213. The second kappa shape index (κ2) is 45.0. The molecule has 0 heterocycles. The van der Waals surface area contributed by atoms with E-state index in [1.165, 1.54) is 0 Å². The lowest BCUT2D eigenvalue weighted by Gasteiger charge is -2.19. The van der Waals surface area contributed by atoms with Gasteiger partial charge in [-0.25, -0.2) is 14.4 Å². The Labute approximate surface area is 678 Å². The highest BCUT2D eigenvalue weighted by atomic mass is 16.6. The summed E-state index contributed by atoms with van der Waals surface area (Å²) in [5.41, 5.74) is 12.0. The molecule has 618 valence electrons. The maximum absolute atomic E-state index is 15.1. The molecule has 0 radical (unpaired) electrons. The molecule has 3 aliphatic carbocycles. The Morgan fingerprint density at radius 2 is 0.430 bits per heavy atom. The third kappa shape index (κ3) is 22.1. The Bertz CT molecular complexity index is 3770. The molecule has 0 unspecified atom stereocenters. The van der Waals surface area contributed by atoms with Gasteiger partial charge in [-0.1, -0.05) is 178 Å². The molecule has 0 bridgehead atoms. The fraction of sp³-hybridized carbons (Fsp3) is 0.531. The van der Waals surface area contributed by atoms with Crippen LogP contribution in [-0.4, -0.2) is 98.7 Å². The number of fused-ring (bicyclic) bond motifs is 12. The predicted molar refractivity (Wildman–Crippen MR) is 450 cm³/mol. The second-order valence-electron chi connectivity index (χ2n) is 30.1. The van der Waals surface area contributed by atoms with Crippen molar-refractivity contribution in [1.29, 1.82) is 0 Å². The molecule has 3 aliphatic rings. The molecule has 0 amide bonds. The molecule has 114 heavy (non-hydrogen) atoms. The second-order valence-corrected chi connectivity index (χ2v) is 30.1. The van der Waals surface area contributed by atoms with Gasteiger partial charge in [0.15, 0.2) is 69.0 Å². The van der Waals surface area contributed by atoms with Crippen molar-refractivity contribution in [2.45, 2.75) is 255 Å². The highest BCUT2D eigenvalue weighted by Gasteiger charge is 2.40. The first-order valence-electron chi connectivity index (χ1n) is 43.0. The van der Waals surface area contributed by atoms with E-state index in [0.717, 1.165) is 240 Å². The standard InChI is InChI=1S/C96H126O18/c1-13-22-31-40-103-82-55-67(56-83(104-41-32-23-14-2)91(82)109-46-37-28-19-7)94(97)112-79-61-70-64(52-76(79)100-10)49-73-88(70)74-50-65-53-77(101-11)80(113-95(98)68-57-84(105-42-33-24-15-3)92(110-47-38-29-20-8)85(58-68)106-43-34-25-16-4)62-71(65)90(74)75-51-66-54-78(102-12)81(63-72(66)89(73)75)114-96(99)69-59-86(107-44-35-26-17-5)93(111-48-39-30-21-9)87(60-69)108-45-36-27-18-6/h52-63H,13-51H2,1-12H3. The quantitative estimate of drug-likeness (QED) is 0.0199. The summed E-state index contributed by atoms with van der Waals surface area (Å²) in [4.78, 5) is 45.4. The van der Waals surface area contributed by atoms with Crippen molar-refractivity contribution in [3.8, 4) is 120 Å². The van der Waals surface area contributed by atoms with Crippen molar-refractivity contribution >= 4 is 17.9 Å². The fourth-order valence-electron chi connectivity index (χ4n) is 15.1. The molecule has 0 saturated heterocycles. The van der Waals surface area contributed by atoms with Gasteiger partial charge < -0.3 is 71.1 Å². The number of carbonyl (C=O) groups excluding carboxylic acids is 3. The Kier molecular flexibility index (Phi) is 34.3. The molecular weight excluding hydrogens is 1440 g/mol. The van der Waals surface area contributed by atoms with Crippen LogP contribution in [0.2, 0.25) is 0 Å². The first kappa shape index (κ1) is 86.9. The summed E-state index contributed by atoms with van der Waals surface area (Å²) in [5.74, 6) is 3.78. The monoisotopic (exact) mass is 1570 g/mol. The van der Waals surface area contributed by atoms with E-state index in [2.05, 4.69) is 62.3 Å². The van der Waals surface area contributed by atoms with Gasteiger partial charge in [0.1, 0.15) is 0 Å². The number of unbranched alkanes of at least 4 members (excludes halogenated alkanes) is 18. The number of methoxy groups -OCH3 is 3. The molecule has 0 spiro atoms. The van der Waals surface area contributed by atoms with Gasteiger partial charge in [-0.3, -0.25) is 0 Å². The van der Waals surface area contributed by atoms with Crippen LogP contribution in [0, 0.1) is 0 Å². The van der Waals surface area contributed by atoms with E-state index >= 15 is 14.4 Å². The molecule has 0 fully saturated rings. The summed E-state index contributed by atoms with van der Waals surface area (Å²) in [5, 5.41) is 0. The van der Waals surface area contributed by atoms with Crippen molar-refractivity contribution in [2.75, 3.05) is 80.8 Å². The van der Waals surface area contributed by atoms with Crippen molar-refractivity contribution in [3.63, 3.8) is 0 Å². The van der Waals surface area contributed by atoms with Crippen LogP contribution in [0.3, 0.4) is 0 Å². The van der Waals surface area contributed by atoms with Crippen molar-refractivity contribution < 1.29 is 85.4 Å². The lowest BCUT2D eigenvalue weighted by Crippen LogP contribution is -2.12. The molecule has 0 atom stereocenters. The number of esters is 3. The van der Waals surface area contributed by atoms with E-state index in [1.54, 1.807) is 57.7 Å². The minimum atomic E-state index is -0.636. The third-order valence-electron chi connectivity index (χ3n) is 21.3. The highest BCUT2D eigenvalue weighted by molar-refractivity contribution is 6.03. The number of rotatable bonds is 54. The Hall–Kier alpha value is -9.45. The molecule has 0 saturated carbocycles. The van der Waals surface area contributed by atoms with E-state index in [4.69, 9.17) is 71.1 Å². The SMILES string of the molecule is CCCCCOc1cc(C(=O)Oc2cc3c(cc2OC)Cc2c-3c3c(c4c2-c2cc(OC(=O)c5cc(OCCCCC)c(OCCCCC)c(OCCCCC)c5)c(OC)cc2C4)-c2cc(OC(=O)c4cc(OCCCCC)c(OCCCCC)c(OCCCCC)c4)c(OC)cc2C3)cc(OCCCCC)c1OCCCCC. The summed E-state index contributed by atoms with van der Waals surface area (Å²) in [6, 6.07) is 21.9. The summed E-state index contributed by atoms with van der Waals surface area (Å²) in [7, 11) is 4.73. The molecule has 10 rings (SSSR count). The maximum Gasteiger partial charge on any atom is 0.343 e. The lowest BCUT2D eigenvalue weighted by atomic mass is 9.86. The number of hydrogen-bond donors (Lipinski definition) is 0. The van der Waals surface area contributed by atoms with Crippen LogP contribution in [-0.2, 0) is 19.3 Å². The average molecular weight is 1570 g/mol. The van der Waals surface area contributed by atoms with Gasteiger partial charge in [0, 0.05) is 0 Å². The van der Waals surface area contributed by atoms with Crippen LogP contribution in [0.4, 0.5) is 0 Å². The van der Waals surface area contributed by atoms with E-state index in [1.807, 2.05) is 36.4 Å². The maximum atomic E-state index is 15.1. The summed E-state index contributed by atoms with van der Waals surface area (Å²) < 4.78 is 96.9. The zero-order valence-corrected chi connectivity index (χ0v) is 70.4. The Morgan fingerprint density at radius 3 is 0.614 bits per heavy atom. The molecule has 0 aromatic heterocycles. The molecule has 18 heteroatoms. The number of carbonyl (C=O) groups is 3. The third-order valence-corrected chi connectivity index (χ3v) is 21.3. The van der Waals surface area contributed by atoms with Gasteiger partial charge in [-0.05, 0) is 217 Å². The van der Waals surface area contributed by atoms with Crippen LogP contribution in [0.1, 0.15) is 300 Å². The van der Waals surface area contributed by atoms with E-state index in [0.29, 0.717) is 148 Å². The normalized spacial score (nSPS) is 11.9. The van der Waals surface area contributed by atoms with Gasteiger partial charge in [-0.15, -0.1) is 0 Å². The van der Waals surface area contributed by atoms with Crippen molar-refractivity contribution in [1.82, 2.24) is 0 Å². The van der Waals surface area contributed by atoms with E-state index in [9.17, 15) is 0 Å². The summed E-state index contributed by atoms with van der Waals surface area (Å²) >= 11 is 0. The number of ether oxygens (including phenoxy) is 15. The molecular formula is C96H126O18. The number of benzene rings is 7. The van der Waals surface area contributed by atoms with E-state index in [-0.39, 0.29) is 33.9 Å². The average Bonchev–Trinajstić information content (AvgIpc) is 1.53. The van der Waals surface area contributed by atoms with Gasteiger partial charge >= 0.3 is 17.9 Å². The van der Waals surface area contributed by atoms with Gasteiger partial charge in [0.05, 0.1) is 97.5 Å². The fourth-order valence-corrected chi connectivity index (χ4v) is 15.1. The summed E-state index contributed by atoms with van der Waals surface area (Å²) in [6.07, 6.45) is 27.0. The van der Waals surface area contributed by atoms with Crippen LogP contribution < -0.4 is 71.1 Å². The van der Waals surface area contributed by atoms with Crippen LogP contribution in [0.15, 0.2) is 72.8 Å². The van der Waals surface area contributed by atoms with E-state index < -0.39 is 17.9 Å². The van der Waals surface area contributed by atoms with Gasteiger partial charge in [0.2, 0.25) is 17.2 Å². The number of hydrogen-bond acceptors (Lipinski definition) is 18. The molecule has 7 aromatic rings. The van der Waals surface area contributed by atoms with Crippen LogP contribution in [0.25, 0.3) is 33.4 Å². The first-order chi connectivity index (χ1) is 55.8. The first-order valence-corrected chi connectivity index (χ1v) is 43.0. The van der Waals surface area contributed by atoms with Gasteiger partial charge in [0.25, 0.3) is 0 Å². The zero-order chi connectivity index (χ0) is 80.7. The molecule has 7 aromatic carbocycles. The van der Waals surface area contributed by atoms with Crippen LogP contribution >= 0.6 is 0 Å². The Morgan fingerprint density at radius 1 is 0.237 bits per heavy atom. The minimum Gasteiger partial charge on any atom is -0.493 e. The lowest BCUT2D eigenvalue weighted by molar-refractivity contribution is 0.0719. The molecule has 0 N–H and O–H groups in total. The predicted octanol–water partition coefficient (Wildman–Crippen LogP) is 24.2. The van der Waals surface area contributed by atoms with Gasteiger partial charge in [-0.2, -0.15) is 0 Å². The Balaban J connectivity index is 1.11. The largest absolute Gasteiger partial charge is 0.493 e. The van der Waals surface area contributed by atoms with Crippen molar-refractivity contribution in [2.24, 2.45) is 0 Å². The molecule has 18 nitrogen and oxygen atoms in total. The zero-order valence-electron chi connectivity index (χ0n) is 70.4. The smallest absolute Gasteiger partial charge is 0.343 e. The molecule has 0 aliphatic heterocycles.